The molecule has 0 amide bonds. The van der Waals surface area contributed by atoms with Crippen molar-refractivity contribution in [2.75, 3.05) is 6.54 Å². The van der Waals surface area contributed by atoms with Gasteiger partial charge in [0.05, 0.1) is 5.41 Å². The van der Waals surface area contributed by atoms with Gasteiger partial charge in [-0.3, -0.25) is 4.98 Å². The molecule has 0 saturated heterocycles. The summed E-state index contributed by atoms with van der Waals surface area (Å²) in [6, 6.07) is 3.94. The summed E-state index contributed by atoms with van der Waals surface area (Å²) in [7, 11) is 0. The zero-order valence-electron chi connectivity index (χ0n) is 11.3. The van der Waals surface area contributed by atoms with E-state index in [1.807, 2.05) is 26.0 Å². The van der Waals surface area contributed by atoms with Gasteiger partial charge >= 0.3 is 0 Å². The average molecular weight is 258 g/mol. The van der Waals surface area contributed by atoms with Crippen molar-refractivity contribution in [1.29, 1.82) is 0 Å². The van der Waals surface area contributed by atoms with Crippen LogP contribution in [0, 0.1) is 13.8 Å². The van der Waals surface area contributed by atoms with Crippen LogP contribution in [0.15, 0.2) is 16.7 Å². The van der Waals surface area contributed by atoms with Crippen LogP contribution in [0.5, 0.6) is 0 Å². The van der Waals surface area contributed by atoms with E-state index in [9.17, 15) is 0 Å². The Morgan fingerprint density at radius 2 is 1.89 bits per heavy atom. The van der Waals surface area contributed by atoms with Crippen molar-refractivity contribution in [3.05, 3.63) is 29.4 Å². The highest BCUT2D eigenvalue weighted by atomic mass is 16.5. The first-order chi connectivity index (χ1) is 9.13. The van der Waals surface area contributed by atoms with Crippen LogP contribution in [0.25, 0.3) is 11.4 Å². The number of aryl methyl sites for hydroxylation is 2. The number of nitrogens with zero attached hydrogens (tertiary/aromatic N) is 3. The number of rotatable bonds is 3. The third-order valence-electron chi connectivity index (χ3n) is 3.92. The highest BCUT2D eigenvalue weighted by Gasteiger charge is 2.42. The lowest BCUT2D eigenvalue weighted by Crippen LogP contribution is -2.41. The van der Waals surface area contributed by atoms with Gasteiger partial charge < -0.3 is 10.3 Å². The highest BCUT2D eigenvalue weighted by molar-refractivity contribution is 5.55. The van der Waals surface area contributed by atoms with E-state index in [1.54, 1.807) is 0 Å². The number of nitrogens with two attached hydrogens (primary N) is 1. The molecular weight excluding hydrogens is 240 g/mol. The van der Waals surface area contributed by atoms with Crippen molar-refractivity contribution < 1.29 is 4.52 Å². The Labute approximate surface area is 112 Å². The van der Waals surface area contributed by atoms with Crippen LogP contribution in [0.1, 0.15) is 36.5 Å². The molecular formula is C14H18N4O. The molecule has 0 spiro atoms. The number of hydrogen-bond acceptors (Lipinski definition) is 5. The predicted molar refractivity (Wildman–Crippen MR) is 71.6 cm³/mol. The average Bonchev–Trinajstić information content (AvgIpc) is 2.77. The van der Waals surface area contributed by atoms with Crippen molar-refractivity contribution in [2.45, 2.75) is 38.5 Å². The van der Waals surface area contributed by atoms with Gasteiger partial charge in [0.1, 0.15) is 0 Å². The van der Waals surface area contributed by atoms with Gasteiger partial charge in [-0.1, -0.05) is 11.6 Å². The Bertz CT molecular complexity index is 575. The van der Waals surface area contributed by atoms with E-state index in [2.05, 4.69) is 15.1 Å². The molecule has 5 nitrogen and oxygen atoms in total. The number of pyridine rings is 1. The first-order valence-electron chi connectivity index (χ1n) is 6.63. The maximum absolute atomic E-state index is 5.86. The minimum Gasteiger partial charge on any atom is -0.338 e. The monoisotopic (exact) mass is 258 g/mol. The molecule has 0 aliphatic heterocycles. The van der Waals surface area contributed by atoms with Crippen molar-refractivity contribution in [3.63, 3.8) is 0 Å². The summed E-state index contributed by atoms with van der Waals surface area (Å²) >= 11 is 0. The number of aromatic nitrogens is 3. The smallest absolute Gasteiger partial charge is 0.234 e. The molecule has 0 radical (unpaired) electrons. The lowest BCUT2D eigenvalue weighted by Gasteiger charge is -2.36. The molecule has 1 aliphatic rings. The molecule has 0 unspecified atom stereocenters. The standard InChI is InChI=1S/C14H18N4O/c1-9-6-11(7-10(2)16-9)12-17-13(19-18-12)14(8-15)4-3-5-14/h6-7H,3-5,8,15H2,1-2H3. The zero-order valence-corrected chi connectivity index (χ0v) is 11.3. The van der Waals surface area contributed by atoms with Gasteiger partial charge in [0, 0.05) is 23.5 Å². The van der Waals surface area contributed by atoms with Crippen molar-refractivity contribution in [3.8, 4) is 11.4 Å². The summed E-state index contributed by atoms with van der Waals surface area (Å²) in [5.74, 6) is 1.31. The molecule has 3 rings (SSSR count). The Kier molecular flexibility index (Phi) is 2.86. The highest BCUT2D eigenvalue weighted by Crippen LogP contribution is 2.42. The van der Waals surface area contributed by atoms with Crippen LogP contribution in [0.2, 0.25) is 0 Å². The Balaban J connectivity index is 1.97. The van der Waals surface area contributed by atoms with Crippen molar-refractivity contribution in [1.82, 2.24) is 15.1 Å². The molecule has 0 atom stereocenters. The van der Waals surface area contributed by atoms with Crippen molar-refractivity contribution >= 4 is 0 Å². The second-order valence-electron chi connectivity index (χ2n) is 5.40. The van der Waals surface area contributed by atoms with E-state index in [1.165, 1.54) is 6.42 Å². The van der Waals surface area contributed by atoms with Crippen LogP contribution in [-0.2, 0) is 5.41 Å². The summed E-state index contributed by atoms with van der Waals surface area (Å²) in [6.07, 6.45) is 3.27. The molecule has 100 valence electrons. The predicted octanol–water partition coefficient (Wildman–Crippen LogP) is 2.13. The molecule has 5 heteroatoms. The second kappa shape index (κ2) is 4.42. The van der Waals surface area contributed by atoms with Crippen LogP contribution in [-0.4, -0.2) is 21.7 Å². The second-order valence-corrected chi connectivity index (χ2v) is 5.40. The maximum atomic E-state index is 5.86. The summed E-state index contributed by atoms with van der Waals surface area (Å²) in [6.45, 7) is 4.50. The van der Waals surface area contributed by atoms with Crippen LogP contribution < -0.4 is 5.73 Å². The molecule has 2 aromatic rings. The van der Waals surface area contributed by atoms with E-state index < -0.39 is 0 Å². The van der Waals surface area contributed by atoms with Gasteiger partial charge in [-0.25, -0.2) is 0 Å². The van der Waals surface area contributed by atoms with Gasteiger partial charge in [0.2, 0.25) is 11.7 Å². The summed E-state index contributed by atoms with van der Waals surface area (Å²) in [4.78, 5) is 8.89. The molecule has 0 aromatic carbocycles. The molecule has 19 heavy (non-hydrogen) atoms. The zero-order chi connectivity index (χ0) is 13.5. The molecule has 2 heterocycles. The Morgan fingerprint density at radius 1 is 1.21 bits per heavy atom. The van der Waals surface area contributed by atoms with Gasteiger partial charge in [0.15, 0.2) is 0 Å². The molecule has 1 saturated carbocycles. The van der Waals surface area contributed by atoms with E-state index >= 15 is 0 Å². The Hall–Kier alpha value is -1.75. The molecule has 1 fully saturated rings. The fourth-order valence-corrected chi connectivity index (χ4v) is 2.63. The quantitative estimate of drug-likeness (QED) is 0.912. The van der Waals surface area contributed by atoms with Gasteiger partial charge in [0.25, 0.3) is 0 Å². The molecule has 2 N–H and O–H groups in total. The SMILES string of the molecule is Cc1cc(-c2noc(C3(CN)CCC3)n2)cc(C)n1. The minimum atomic E-state index is -0.0810. The topological polar surface area (TPSA) is 77.8 Å². The van der Waals surface area contributed by atoms with Crippen LogP contribution in [0.3, 0.4) is 0 Å². The lowest BCUT2D eigenvalue weighted by atomic mass is 9.69. The van der Waals surface area contributed by atoms with E-state index in [-0.39, 0.29) is 5.41 Å². The van der Waals surface area contributed by atoms with Crippen molar-refractivity contribution in [2.24, 2.45) is 5.73 Å². The van der Waals surface area contributed by atoms with E-state index in [0.29, 0.717) is 18.3 Å². The van der Waals surface area contributed by atoms with Crippen LogP contribution in [0.4, 0.5) is 0 Å². The van der Waals surface area contributed by atoms with E-state index in [0.717, 1.165) is 29.8 Å². The molecule has 2 aromatic heterocycles. The first kappa shape index (κ1) is 12.3. The van der Waals surface area contributed by atoms with Crippen LogP contribution >= 0.6 is 0 Å². The Morgan fingerprint density at radius 3 is 2.42 bits per heavy atom. The van der Waals surface area contributed by atoms with Gasteiger partial charge in [-0.2, -0.15) is 4.98 Å². The molecule has 0 bridgehead atoms. The minimum absolute atomic E-state index is 0.0810. The summed E-state index contributed by atoms with van der Waals surface area (Å²) < 4.78 is 5.44. The molecule has 1 aliphatic carbocycles. The summed E-state index contributed by atoms with van der Waals surface area (Å²) in [5.41, 5.74) is 8.64. The third-order valence-corrected chi connectivity index (χ3v) is 3.92. The normalized spacial score (nSPS) is 17.2. The van der Waals surface area contributed by atoms with E-state index in [4.69, 9.17) is 10.3 Å². The summed E-state index contributed by atoms with van der Waals surface area (Å²) in [5, 5.41) is 4.10. The fourth-order valence-electron chi connectivity index (χ4n) is 2.63. The van der Waals surface area contributed by atoms with Gasteiger partial charge in [-0.15, -0.1) is 0 Å². The maximum Gasteiger partial charge on any atom is 0.234 e. The fraction of sp³-hybridized carbons (Fsp3) is 0.500. The lowest BCUT2D eigenvalue weighted by molar-refractivity contribution is 0.182. The largest absolute Gasteiger partial charge is 0.338 e. The van der Waals surface area contributed by atoms with Gasteiger partial charge in [-0.05, 0) is 38.8 Å². The third kappa shape index (κ3) is 2.04. The first-order valence-corrected chi connectivity index (χ1v) is 6.63. The number of hydrogen-bond donors (Lipinski definition) is 1.